The molecule has 21 heavy (non-hydrogen) atoms. The Kier molecular flexibility index (Phi) is 4.77. The first-order valence-corrected chi connectivity index (χ1v) is 8.00. The van der Waals surface area contributed by atoms with Gasteiger partial charge in [-0.25, -0.2) is 4.98 Å². The van der Waals surface area contributed by atoms with Gasteiger partial charge in [0.1, 0.15) is 11.4 Å². The molecule has 0 saturated carbocycles. The first-order chi connectivity index (χ1) is 9.93. The smallest absolute Gasteiger partial charge is 0.262 e. The van der Waals surface area contributed by atoms with Crippen LogP contribution in [0.25, 0.3) is 10.2 Å². The van der Waals surface area contributed by atoms with Gasteiger partial charge in [0.15, 0.2) is 0 Å². The molecular formula is C15H21N3O2S. The molecule has 114 valence electrons. The van der Waals surface area contributed by atoms with E-state index in [2.05, 4.69) is 17.2 Å². The average Bonchev–Trinajstić information content (AvgIpc) is 2.69. The number of hydrogen-bond donors (Lipinski definition) is 1. The number of thiophene rings is 1. The van der Waals surface area contributed by atoms with E-state index in [0.717, 1.165) is 28.1 Å². The topological polar surface area (TPSA) is 64.0 Å². The van der Waals surface area contributed by atoms with Gasteiger partial charge in [-0.2, -0.15) is 0 Å². The van der Waals surface area contributed by atoms with Gasteiger partial charge in [0.25, 0.3) is 5.56 Å². The Morgan fingerprint density at radius 1 is 1.48 bits per heavy atom. The second-order valence-electron chi connectivity index (χ2n) is 5.40. The number of carbonyl (C=O) groups is 1. The molecule has 1 atom stereocenters. The molecule has 2 rings (SSSR count). The van der Waals surface area contributed by atoms with Crippen LogP contribution in [0.3, 0.4) is 0 Å². The van der Waals surface area contributed by atoms with Crippen LogP contribution in [0, 0.1) is 13.8 Å². The predicted molar refractivity (Wildman–Crippen MR) is 85.9 cm³/mol. The Bertz CT molecular complexity index is 718. The summed E-state index contributed by atoms with van der Waals surface area (Å²) in [4.78, 5) is 30.6. The van der Waals surface area contributed by atoms with E-state index in [1.165, 1.54) is 22.2 Å². The van der Waals surface area contributed by atoms with Crippen molar-refractivity contribution < 1.29 is 4.79 Å². The van der Waals surface area contributed by atoms with E-state index in [1.54, 1.807) is 0 Å². The lowest BCUT2D eigenvalue weighted by Gasteiger charge is -2.13. The summed E-state index contributed by atoms with van der Waals surface area (Å²) in [5.41, 5.74) is 0.821. The second-order valence-corrected chi connectivity index (χ2v) is 6.60. The minimum Gasteiger partial charge on any atom is -0.352 e. The van der Waals surface area contributed by atoms with Gasteiger partial charge in [-0.05, 0) is 32.8 Å². The summed E-state index contributed by atoms with van der Waals surface area (Å²) in [6.45, 7) is 7.96. The summed E-state index contributed by atoms with van der Waals surface area (Å²) in [5, 5.41) is 3.53. The van der Waals surface area contributed by atoms with E-state index in [-0.39, 0.29) is 24.1 Å². The van der Waals surface area contributed by atoms with E-state index in [9.17, 15) is 9.59 Å². The van der Waals surface area contributed by atoms with Crippen molar-refractivity contribution in [1.29, 1.82) is 0 Å². The molecule has 0 unspecified atom stereocenters. The molecule has 2 aromatic rings. The zero-order valence-electron chi connectivity index (χ0n) is 12.9. The molecule has 0 saturated heterocycles. The Morgan fingerprint density at radius 3 is 2.86 bits per heavy atom. The number of amides is 1. The molecule has 0 bridgehead atoms. The highest BCUT2D eigenvalue weighted by atomic mass is 32.1. The molecule has 5 nitrogen and oxygen atoms in total. The average molecular weight is 307 g/mol. The zero-order chi connectivity index (χ0) is 15.6. The first-order valence-electron chi connectivity index (χ1n) is 7.18. The molecule has 0 spiro atoms. The van der Waals surface area contributed by atoms with Crippen LogP contribution in [0.1, 0.15) is 37.1 Å². The molecule has 0 aliphatic heterocycles. The summed E-state index contributed by atoms with van der Waals surface area (Å²) >= 11 is 1.51. The van der Waals surface area contributed by atoms with E-state index >= 15 is 0 Å². The maximum absolute atomic E-state index is 12.5. The van der Waals surface area contributed by atoms with Gasteiger partial charge in [0, 0.05) is 10.9 Å². The van der Waals surface area contributed by atoms with Crippen molar-refractivity contribution in [2.45, 2.75) is 53.1 Å². The number of fused-ring (bicyclic) bond motifs is 1. The van der Waals surface area contributed by atoms with E-state index < -0.39 is 0 Å². The van der Waals surface area contributed by atoms with Crippen LogP contribution in [-0.2, 0) is 11.3 Å². The van der Waals surface area contributed by atoms with E-state index in [1.807, 2.05) is 20.8 Å². The fourth-order valence-electron chi connectivity index (χ4n) is 2.36. The molecule has 6 heteroatoms. The van der Waals surface area contributed by atoms with Gasteiger partial charge in [0.05, 0.1) is 11.7 Å². The Morgan fingerprint density at radius 2 is 2.19 bits per heavy atom. The van der Waals surface area contributed by atoms with Crippen LogP contribution >= 0.6 is 11.3 Å². The standard InChI is InChI=1S/C15H21N3O2S/c1-5-6-9(2)17-12(19)7-18-8-16-14-13(15(18)20)10(3)11(4)21-14/h8-9H,5-7H2,1-4H3,(H,17,19)/t9-/m1/s1. The predicted octanol–water partition coefficient (Wildman–Crippen LogP) is 2.38. The summed E-state index contributed by atoms with van der Waals surface area (Å²) in [5.74, 6) is -0.149. The van der Waals surface area contributed by atoms with Gasteiger partial charge in [-0.1, -0.05) is 13.3 Å². The van der Waals surface area contributed by atoms with Crippen molar-refractivity contribution >= 4 is 27.5 Å². The molecular weight excluding hydrogens is 286 g/mol. The van der Waals surface area contributed by atoms with Crippen LogP contribution in [0.4, 0.5) is 0 Å². The van der Waals surface area contributed by atoms with Crippen LogP contribution < -0.4 is 10.9 Å². The SMILES string of the molecule is CCC[C@@H](C)NC(=O)Cn1cnc2sc(C)c(C)c2c1=O. The van der Waals surface area contributed by atoms with Gasteiger partial charge in [-0.15, -0.1) is 11.3 Å². The number of hydrogen-bond acceptors (Lipinski definition) is 4. The fourth-order valence-corrected chi connectivity index (χ4v) is 3.35. The van der Waals surface area contributed by atoms with Crippen LogP contribution in [0.5, 0.6) is 0 Å². The lowest BCUT2D eigenvalue weighted by molar-refractivity contribution is -0.122. The number of aryl methyl sites for hydroxylation is 2. The monoisotopic (exact) mass is 307 g/mol. The van der Waals surface area contributed by atoms with E-state index in [4.69, 9.17) is 0 Å². The molecule has 1 amide bonds. The largest absolute Gasteiger partial charge is 0.352 e. The molecule has 1 N–H and O–H groups in total. The number of nitrogens with zero attached hydrogens (tertiary/aromatic N) is 2. The highest BCUT2D eigenvalue weighted by Crippen LogP contribution is 2.25. The van der Waals surface area contributed by atoms with Gasteiger partial charge in [0.2, 0.25) is 5.91 Å². The summed E-state index contributed by atoms with van der Waals surface area (Å²) in [6, 6.07) is 0.125. The summed E-state index contributed by atoms with van der Waals surface area (Å²) in [6.07, 6.45) is 3.41. The van der Waals surface area contributed by atoms with E-state index in [0.29, 0.717) is 5.39 Å². The highest BCUT2D eigenvalue weighted by molar-refractivity contribution is 7.18. The normalized spacial score (nSPS) is 12.6. The lowest BCUT2D eigenvalue weighted by atomic mass is 10.2. The summed E-state index contributed by atoms with van der Waals surface area (Å²) < 4.78 is 1.38. The van der Waals surface area contributed by atoms with Crippen molar-refractivity contribution in [2.75, 3.05) is 0 Å². The number of aromatic nitrogens is 2. The molecule has 0 aliphatic carbocycles. The Hall–Kier alpha value is -1.69. The first kappa shape index (κ1) is 15.7. The van der Waals surface area contributed by atoms with Crippen LogP contribution in [-0.4, -0.2) is 21.5 Å². The molecule has 2 heterocycles. The van der Waals surface area contributed by atoms with Gasteiger partial charge < -0.3 is 5.32 Å². The number of nitrogens with one attached hydrogen (secondary N) is 1. The third-order valence-electron chi connectivity index (χ3n) is 3.60. The Balaban J connectivity index is 2.23. The fraction of sp³-hybridized carbons (Fsp3) is 0.533. The maximum Gasteiger partial charge on any atom is 0.262 e. The van der Waals surface area contributed by atoms with Crippen molar-refractivity contribution in [3.05, 3.63) is 27.1 Å². The van der Waals surface area contributed by atoms with Crippen LogP contribution in [0.15, 0.2) is 11.1 Å². The molecule has 0 radical (unpaired) electrons. The van der Waals surface area contributed by atoms with Gasteiger partial charge >= 0.3 is 0 Å². The third kappa shape index (κ3) is 3.32. The Labute approximate surface area is 128 Å². The molecule has 2 aromatic heterocycles. The molecule has 0 fully saturated rings. The molecule has 0 aliphatic rings. The number of rotatable bonds is 5. The zero-order valence-corrected chi connectivity index (χ0v) is 13.7. The minimum absolute atomic E-state index is 0.0180. The highest BCUT2D eigenvalue weighted by Gasteiger charge is 2.14. The molecule has 0 aromatic carbocycles. The van der Waals surface area contributed by atoms with Crippen molar-refractivity contribution in [2.24, 2.45) is 0 Å². The maximum atomic E-state index is 12.5. The third-order valence-corrected chi connectivity index (χ3v) is 4.71. The van der Waals surface area contributed by atoms with Crippen molar-refractivity contribution in [1.82, 2.24) is 14.9 Å². The lowest BCUT2D eigenvalue weighted by Crippen LogP contribution is -2.37. The number of carbonyl (C=O) groups excluding carboxylic acids is 1. The second kappa shape index (κ2) is 6.39. The van der Waals surface area contributed by atoms with Crippen molar-refractivity contribution in [3.8, 4) is 0 Å². The van der Waals surface area contributed by atoms with Crippen LogP contribution in [0.2, 0.25) is 0 Å². The minimum atomic E-state index is -0.149. The summed E-state index contributed by atoms with van der Waals surface area (Å²) in [7, 11) is 0. The van der Waals surface area contributed by atoms with Crippen molar-refractivity contribution in [3.63, 3.8) is 0 Å². The quantitative estimate of drug-likeness (QED) is 0.922. The van der Waals surface area contributed by atoms with Gasteiger partial charge in [-0.3, -0.25) is 14.2 Å².